The van der Waals surface area contributed by atoms with Crippen LogP contribution in [0.15, 0.2) is 267 Å². The molecule has 0 aliphatic rings. The van der Waals surface area contributed by atoms with Gasteiger partial charge in [-0.15, -0.1) is 0 Å². The molecule has 0 fully saturated rings. The molecule has 0 unspecified atom stereocenters. The fraction of sp³-hybridized carbons (Fsp3) is 0. The molecule has 0 saturated carbocycles. The van der Waals surface area contributed by atoms with Gasteiger partial charge in [-0.1, -0.05) is 200 Å². The fourth-order valence-electron chi connectivity index (χ4n) is 9.79. The van der Waals surface area contributed by atoms with Gasteiger partial charge in [-0.05, 0) is 133 Å². The highest BCUT2D eigenvalue weighted by Gasteiger charge is 2.21. The van der Waals surface area contributed by atoms with E-state index in [1.54, 1.807) is 0 Å². The molecule has 0 aliphatic carbocycles. The number of benzene rings is 11. The Kier molecular flexibility index (Phi) is 9.89. The van der Waals surface area contributed by atoms with Crippen LogP contribution in [0.1, 0.15) is 0 Å². The second-order valence-corrected chi connectivity index (χ2v) is 16.9. The Balaban J connectivity index is 1.06. The van der Waals surface area contributed by atoms with Crippen LogP contribution in [0.25, 0.3) is 93.9 Å². The van der Waals surface area contributed by atoms with Gasteiger partial charge in [-0.2, -0.15) is 0 Å². The van der Waals surface area contributed by atoms with E-state index in [2.05, 4.69) is 276 Å². The van der Waals surface area contributed by atoms with Crippen LogP contribution in [0.4, 0.5) is 17.1 Å². The van der Waals surface area contributed by atoms with Gasteiger partial charge in [0, 0.05) is 33.5 Å². The maximum Gasteiger partial charge on any atom is 0.0553 e. The lowest BCUT2D eigenvalue weighted by atomic mass is 9.93. The van der Waals surface area contributed by atoms with Crippen molar-refractivity contribution in [3.63, 3.8) is 0 Å². The SMILES string of the molecule is c1ccc(-c2ccc(N(c3ccc(-c4cccc5ccccc45)cc3)c3cccc(-c4cc(-c5ccccc5)cc5c4c4ccc(-c6ccccc6)cc4n5-c4ccccc4)c3)cc2)cc1. The van der Waals surface area contributed by atoms with E-state index in [1.807, 2.05) is 0 Å². The van der Waals surface area contributed by atoms with Crippen molar-refractivity contribution in [1.82, 2.24) is 4.57 Å². The number of hydrogen-bond donors (Lipinski definition) is 0. The first-order chi connectivity index (χ1) is 32.7. The minimum absolute atomic E-state index is 1.08. The zero-order valence-corrected chi connectivity index (χ0v) is 36.3. The Morgan fingerprint density at radius 2 is 0.758 bits per heavy atom. The summed E-state index contributed by atoms with van der Waals surface area (Å²) < 4.78 is 2.45. The first-order valence-electron chi connectivity index (χ1n) is 22.7. The summed E-state index contributed by atoms with van der Waals surface area (Å²) in [6, 6.07) is 97.0. The lowest BCUT2D eigenvalue weighted by molar-refractivity contribution is 1.18. The maximum absolute atomic E-state index is 2.45. The van der Waals surface area contributed by atoms with Crippen molar-refractivity contribution in [2.75, 3.05) is 4.90 Å². The van der Waals surface area contributed by atoms with E-state index >= 15 is 0 Å². The predicted octanol–water partition coefficient (Wildman–Crippen LogP) is 17.7. The molecule has 0 N–H and O–H groups in total. The van der Waals surface area contributed by atoms with Gasteiger partial charge in [0.2, 0.25) is 0 Å². The molecule has 0 saturated heterocycles. The Hall–Kier alpha value is -8.72. The third kappa shape index (κ3) is 7.12. The molecular weight excluding hydrogens is 797 g/mol. The van der Waals surface area contributed by atoms with E-state index in [0.717, 1.165) is 28.3 Å². The molecule has 2 heteroatoms. The average Bonchev–Trinajstić information content (AvgIpc) is 3.73. The molecule has 12 aromatic rings. The molecular formula is C64H44N2. The van der Waals surface area contributed by atoms with E-state index in [0.29, 0.717) is 0 Å². The summed E-state index contributed by atoms with van der Waals surface area (Å²) in [5.41, 5.74) is 18.6. The summed E-state index contributed by atoms with van der Waals surface area (Å²) in [6.07, 6.45) is 0. The van der Waals surface area contributed by atoms with Crippen molar-refractivity contribution in [1.29, 1.82) is 0 Å². The number of anilines is 3. The van der Waals surface area contributed by atoms with Crippen LogP contribution >= 0.6 is 0 Å². The molecule has 1 heterocycles. The van der Waals surface area contributed by atoms with Crippen LogP contribution in [0.3, 0.4) is 0 Å². The minimum atomic E-state index is 1.08. The molecule has 66 heavy (non-hydrogen) atoms. The lowest BCUT2D eigenvalue weighted by Crippen LogP contribution is -2.10. The zero-order chi connectivity index (χ0) is 43.8. The van der Waals surface area contributed by atoms with Gasteiger partial charge in [0.15, 0.2) is 0 Å². The molecule has 0 spiro atoms. The fourth-order valence-corrected chi connectivity index (χ4v) is 9.79. The molecule has 0 aliphatic heterocycles. The molecule has 0 amide bonds. The lowest BCUT2D eigenvalue weighted by Gasteiger charge is -2.26. The van der Waals surface area contributed by atoms with Gasteiger partial charge >= 0.3 is 0 Å². The number of para-hydroxylation sites is 1. The highest BCUT2D eigenvalue weighted by atomic mass is 15.1. The second-order valence-electron chi connectivity index (χ2n) is 16.9. The highest BCUT2D eigenvalue weighted by molar-refractivity contribution is 6.17. The Bertz CT molecular complexity index is 3650. The standard InChI is InChI=1S/C64H44N2/c1-5-17-45(18-6-1)48-31-36-55(37-32-48)65(56-38-33-50(34-39-56)59-30-16-24-49-23-13-14-29-58(49)59)57-28-15-25-52(41-57)61-42-53(47-21-9-3-10-22-47)44-63-64(61)60-40-35-51(46-19-7-2-8-20-46)43-62(60)66(63)54-26-11-4-12-27-54/h1-44H. The monoisotopic (exact) mass is 840 g/mol. The molecule has 0 radical (unpaired) electrons. The smallest absolute Gasteiger partial charge is 0.0553 e. The van der Waals surface area contributed by atoms with E-state index in [-0.39, 0.29) is 0 Å². The van der Waals surface area contributed by atoms with Gasteiger partial charge in [0.05, 0.1) is 11.0 Å². The molecule has 12 rings (SSSR count). The predicted molar refractivity (Wildman–Crippen MR) is 280 cm³/mol. The minimum Gasteiger partial charge on any atom is -0.310 e. The van der Waals surface area contributed by atoms with Gasteiger partial charge in [0.1, 0.15) is 0 Å². The number of fused-ring (bicyclic) bond motifs is 4. The van der Waals surface area contributed by atoms with E-state index < -0.39 is 0 Å². The Morgan fingerprint density at radius 3 is 1.44 bits per heavy atom. The summed E-state index contributed by atoms with van der Waals surface area (Å²) in [7, 11) is 0. The van der Waals surface area contributed by atoms with Gasteiger partial charge in [0.25, 0.3) is 0 Å². The van der Waals surface area contributed by atoms with Crippen LogP contribution in [0, 0.1) is 0 Å². The summed E-state index contributed by atoms with van der Waals surface area (Å²) in [6.45, 7) is 0. The average molecular weight is 841 g/mol. The number of hydrogen-bond acceptors (Lipinski definition) is 1. The molecule has 0 atom stereocenters. The summed E-state index contributed by atoms with van der Waals surface area (Å²) in [4.78, 5) is 2.39. The van der Waals surface area contributed by atoms with Crippen LogP contribution in [-0.4, -0.2) is 4.57 Å². The van der Waals surface area contributed by atoms with Crippen LogP contribution < -0.4 is 4.90 Å². The van der Waals surface area contributed by atoms with Gasteiger partial charge in [-0.3, -0.25) is 0 Å². The molecule has 11 aromatic carbocycles. The number of nitrogens with zero attached hydrogens (tertiary/aromatic N) is 2. The molecule has 1 aromatic heterocycles. The Morgan fingerprint density at radius 1 is 0.258 bits per heavy atom. The van der Waals surface area contributed by atoms with Crippen molar-refractivity contribution in [3.05, 3.63) is 267 Å². The van der Waals surface area contributed by atoms with Gasteiger partial charge < -0.3 is 9.47 Å². The third-order valence-corrected chi connectivity index (χ3v) is 13.0. The maximum atomic E-state index is 2.45. The summed E-state index contributed by atoms with van der Waals surface area (Å²) in [5, 5.41) is 4.93. The largest absolute Gasteiger partial charge is 0.310 e. The van der Waals surface area contributed by atoms with E-state index in [4.69, 9.17) is 0 Å². The van der Waals surface area contributed by atoms with E-state index in [9.17, 15) is 0 Å². The molecule has 310 valence electrons. The quantitative estimate of drug-likeness (QED) is 0.141. The molecule has 0 bridgehead atoms. The summed E-state index contributed by atoms with van der Waals surface area (Å²) >= 11 is 0. The van der Waals surface area contributed by atoms with Crippen molar-refractivity contribution >= 4 is 49.6 Å². The van der Waals surface area contributed by atoms with Crippen molar-refractivity contribution in [2.45, 2.75) is 0 Å². The van der Waals surface area contributed by atoms with Crippen LogP contribution in [0.5, 0.6) is 0 Å². The zero-order valence-electron chi connectivity index (χ0n) is 36.3. The highest BCUT2D eigenvalue weighted by Crippen LogP contribution is 2.45. The first-order valence-corrected chi connectivity index (χ1v) is 22.7. The van der Waals surface area contributed by atoms with Crippen molar-refractivity contribution < 1.29 is 0 Å². The Labute approximate surface area is 385 Å². The summed E-state index contributed by atoms with van der Waals surface area (Å²) in [5.74, 6) is 0. The normalized spacial score (nSPS) is 11.3. The number of aromatic nitrogens is 1. The van der Waals surface area contributed by atoms with Crippen LogP contribution in [0.2, 0.25) is 0 Å². The third-order valence-electron chi connectivity index (χ3n) is 13.0. The number of rotatable bonds is 9. The molecule has 2 nitrogen and oxygen atoms in total. The topological polar surface area (TPSA) is 8.17 Å². The van der Waals surface area contributed by atoms with Crippen molar-refractivity contribution in [3.8, 4) is 61.3 Å². The van der Waals surface area contributed by atoms with Crippen LogP contribution in [-0.2, 0) is 0 Å². The first kappa shape index (κ1) is 38.9. The second kappa shape index (κ2) is 16.8. The van der Waals surface area contributed by atoms with Crippen molar-refractivity contribution in [2.24, 2.45) is 0 Å². The van der Waals surface area contributed by atoms with E-state index in [1.165, 1.54) is 82.6 Å². The van der Waals surface area contributed by atoms with Gasteiger partial charge in [-0.25, -0.2) is 0 Å².